The van der Waals surface area contributed by atoms with Gasteiger partial charge >= 0.3 is 42.6 Å². The number of amides is 10. The van der Waals surface area contributed by atoms with Crippen molar-refractivity contribution in [2.24, 2.45) is 11.8 Å². The first-order chi connectivity index (χ1) is 63.5. The molecule has 18 saturated heterocycles. The predicted octanol–water partition coefficient (Wildman–Crippen LogP) is 10.6. The molecule has 0 spiro atoms. The zero-order chi connectivity index (χ0) is 96.5. The van der Waals surface area contributed by atoms with Gasteiger partial charge in [-0.2, -0.15) is 0 Å². The predicted molar refractivity (Wildman–Crippen MR) is 519 cm³/mol. The molecule has 0 bridgehead atoms. The Labute approximate surface area is 800 Å². The molecule has 18 fully saturated rings. The molecule has 34 heteroatoms. The summed E-state index contributed by atoms with van der Waals surface area (Å²) < 4.78 is 30.7. The Kier molecular flexibility index (Phi) is 42.8. The van der Waals surface area contributed by atoms with Crippen LogP contribution in [0.15, 0.2) is 0 Å². The smallest absolute Gasteiger partial charge is 0.410 e. The Hall–Kier alpha value is -6.53. The van der Waals surface area contributed by atoms with Crippen molar-refractivity contribution in [3.05, 3.63) is 0 Å². The van der Waals surface area contributed by atoms with Crippen LogP contribution in [0.3, 0.4) is 0 Å². The first kappa shape index (κ1) is 108. The lowest BCUT2D eigenvalue weighted by Gasteiger charge is -2.42. The summed E-state index contributed by atoms with van der Waals surface area (Å²) in [4.78, 5) is 144. The van der Waals surface area contributed by atoms with Crippen molar-refractivity contribution in [3.8, 4) is 0 Å². The molecule has 0 aliphatic carbocycles. The molecule has 18 rings (SSSR count). The van der Waals surface area contributed by atoms with Gasteiger partial charge in [0.05, 0.1) is 36.3 Å². The monoisotopic (exact) mass is 1880 g/mol. The van der Waals surface area contributed by atoms with Crippen molar-refractivity contribution in [2.45, 2.75) is 339 Å². The number of urea groups is 1. The van der Waals surface area contributed by atoms with E-state index in [0.717, 1.165) is 279 Å². The van der Waals surface area contributed by atoms with Crippen LogP contribution in [0.2, 0.25) is 0 Å². The number of nitrogens with zero attached hydrogens (tertiary/aromatic N) is 18. The number of carbonyl (C=O) groups excluding carboxylic acids is 9. The van der Waals surface area contributed by atoms with Gasteiger partial charge in [-0.15, -0.1) is 0 Å². The lowest BCUT2D eigenvalue weighted by atomic mass is 9.96. The van der Waals surface area contributed by atoms with Crippen LogP contribution in [0, 0.1) is 11.8 Å². The quantitative estimate of drug-likeness (QED) is 0.158. The third-order valence-electron chi connectivity index (χ3n) is 32.0. The second-order valence-electron chi connectivity index (χ2n) is 43.1. The van der Waals surface area contributed by atoms with Crippen LogP contribution in [0.25, 0.3) is 0 Å². The molecule has 0 saturated carbocycles. The highest BCUT2D eigenvalue weighted by molar-refractivity contribution is 5.80. The average Bonchev–Trinajstić information content (AvgIpc) is 1.64. The highest BCUT2D eigenvalue weighted by Gasteiger charge is 2.47. The summed E-state index contributed by atoms with van der Waals surface area (Å²) >= 11 is 0. The SMILES string of the molecule is CC(C)[C@@H]1COC(=O)N1C1CCN(C)CC1.CC(C)[C@H]1COC(=O)N1C1CCN(C)CC1.CC[C@@H]1COC(=O)N1C1CCN(C)CC1.CC[C@H]1CCC(=O)N1C1CCN(C)CC1.CC[C@H]1COC(=O)N1C1CCN(C)CC1.CN1CCC(N2C(=O)CCC2(C)C)CC1.CN1CCC(N2CCNC2=O)CC1.C[C@@H]1COC(=O)N1C1CCN(C)CC1.C[C@H]1COC(=O)N1C1CCN(C)CC1. The summed E-state index contributed by atoms with van der Waals surface area (Å²) in [5.41, 5.74) is 0.0949. The molecule has 0 aromatic carbocycles. The normalized spacial score (nSPS) is 29.4. The summed E-state index contributed by atoms with van der Waals surface area (Å²) in [6.07, 6.45) is 26.0. The van der Waals surface area contributed by atoms with Crippen LogP contribution < -0.4 is 5.32 Å². The Morgan fingerprint density at radius 1 is 0.293 bits per heavy atom. The molecular formula is C99H181N19O15. The van der Waals surface area contributed by atoms with E-state index in [1.54, 1.807) is 0 Å². The first-order valence-electron chi connectivity index (χ1n) is 52.0. The number of rotatable bonds is 14. The Bertz CT molecular complexity index is 3340. The van der Waals surface area contributed by atoms with Gasteiger partial charge in [0.2, 0.25) is 11.8 Å². The van der Waals surface area contributed by atoms with Crippen molar-refractivity contribution in [3.63, 3.8) is 0 Å². The largest absolute Gasteiger partial charge is 0.447 e. The van der Waals surface area contributed by atoms with Gasteiger partial charge in [0.1, 0.15) is 39.6 Å². The fourth-order valence-electron chi connectivity index (χ4n) is 23.0. The second-order valence-corrected chi connectivity index (χ2v) is 43.1. The summed E-state index contributed by atoms with van der Waals surface area (Å²) in [6.45, 7) is 48.6. The van der Waals surface area contributed by atoms with Gasteiger partial charge in [0.25, 0.3) is 0 Å². The highest BCUT2D eigenvalue weighted by Crippen LogP contribution is 2.37. The molecule has 0 radical (unpaired) electrons. The minimum Gasteiger partial charge on any atom is -0.447 e. The van der Waals surface area contributed by atoms with Crippen molar-refractivity contribution in [2.75, 3.05) is 234 Å². The zero-order valence-electron chi connectivity index (χ0n) is 86.1. The van der Waals surface area contributed by atoms with Gasteiger partial charge in [-0.05, 0) is 368 Å². The summed E-state index contributed by atoms with van der Waals surface area (Å²) in [6, 6.07) is 6.25. The summed E-state index contributed by atoms with van der Waals surface area (Å²) in [5, 5.41) is 2.85. The topological polar surface area (TPSA) is 279 Å². The van der Waals surface area contributed by atoms with Crippen LogP contribution in [-0.4, -0.2) is 479 Å². The third-order valence-corrected chi connectivity index (χ3v) is 32.0. The number of carbonyl (C=O) groups is 9. The maximum absolute atomic E-state index is 11.9. The molecule has 18 heterocycles. The van der Waals surface area contributed by atoms with E-state index in [1.165, 1.54) is 12.8 Å². The molecule has 0 unspecified atom stereocenters. The van der Waals surface area contributed by atoms with Gasteiger partial charge in [-0.3, -0.25) is 39.0 Å². The Morgan fingerprint density at radius 3 is 0.812 bits per heavy atom. The fraction of sp³-hybridized carbons (Fsp3) is 0.909. The van der Waals surface area contributed by atoms with E-state index in [1.807, 2.05) is 34.3 Å². The van der Waals surface area contributed by atoms with Crippen LogP contribution in [0.4, 0.5) is 33.6 Å². The molecule has 18 aliphatic heterocycles. The van der Waals surface area contributed by atoms with E-state index in [0.29, 0.717) is 136 Å². The highest BCUT2D eigenvalue weighted by atomic mass is 16.6. The number of ether oxygens (including phenoxy) is 6. The van der Waals surface area contributed by atoms with Crippen molar-refractivity contribution >= 4 is 54.4 Å². The molecule has 0 aromatic heterocycles. The number of hydrogen-bond donors (Lipinski definition) is 1. The first-order valence-corrected chi connectivity index (χ1v) is 52.0. The number of nitrogens with one attached hydrogen (secondary N) is 1. The molecule has 1 N–H and O–H groups in total. The van der Waals surface area contributed by atoms with Gasteiger partial charge in [0.15, 0.2) is 0 Å². The zero-order valence-corrected chi connectivity index (χ0v) is 86.1. The molecule has 18 aliphatic rings. The molecular weight excluding hydrogens is 1700 g/mol. The molecule has 0 aromatic rings. The number of likely N-dealkylation sites (tertiary alicyclic amines) is 11. The lowest BCUT2D eigenvalue weighted by Crippen LogP contribution is -2.51. The van der Waals surface area contributed by atoms with Gasteiger partial charge < -0.3 is 92.5 Å². The Morgan fingerprint density at radius 2 is 0.549 bits per heavy atom. The molecule has 7 atom stereocenters. The van der Waals surface area contributed by atoms with Crippen LogP contribution >= 0.6 is 0 Å². The van der Waals surface area contributed by atoms with Crippen LogP contribution in [-0.2, 0) is 38.0 Å². The lowest BCUT2D eigenvalue weighted by molar-refractivity contribution is -0.134. The van der Waals surface area contributed by atoms with Crippen molar-refractivity contribution in [1.29, 1.82) is 0 Å². The molecule has 10 amide bonds. The van der Waals surface area contributed by atoms with Gasteiger partial charge in [0, 0.05) is 91.9 Å². The van der Waals surface area contributed by atoms with Crippen molar-refractivity contribution < 1.29 is 71.6 Å². The Balaban J connectivity index is 0.000000155. The average molecular weight is 1880 g/mol. The van der Waals surface area contributed by atoms with Gasteiger partial charge in [-0.25, -0.2) is 33.6 Å². The second kappa shape index (κ2) is 52.5. The summed E-state index contributed by atoms with van der Waals surface area (Å²) in [5.74, 6) is 1.73. The standard InChI is InChI=1S/2C12H22N2O2.2C12H22N2O.2C11H20N2O2.2C10H18N2O2.C9H17N3O/c2*1-9(2)11-8-16-12(15)14(11)10-4-6-13(3)7-5-10;1-12(2)7-4-11(15)14(12)10-5-8-13(3)9-6-10;1-3-10-4-5-12(15)14(10)11-6-8-13(2)9-7-11;2*1-3-9-8-15-11(14)13(9)10-4-6-12(2)7-5-10;2*1-8-7-14-10(13)12(8)9-3-5-11(2)6-4-9;1-11-5-2-8(3-6-11)12-7-4-10-9(12)13/h2*9-11H,4-8H2,1-3H3;10H,4-9H2,1-3H3;10-11H,3-9H2,1-2H3;2*9-10H,3-8H2,1-2H3;2*8-9H,3-7H2,1-2H3;8H,2-7H2,1H3,(H,10,13)/t2*11-;;10-;2*9-;2*8-;/m10.01010./s1. The van der Waals surface area contributed by atoms with E-state index < -0.39 is 0 Å². The third kappa shape index (κ3) is 30.5. The molecule has 34 nitrogen and oxygen atoms in total. The van der Waals surface area contributed by atoms with E-state index in [4.69, 9.17) is 28.4 Å². The fourth-order valence-corrected chi connectivity index (χ4v) is 23.0. The minimum atomic E-state index is -0.118. The number of piperidine rings is 9. The van der Waals surface area contributed by atoms with E-state index in [2.05, 4.69) is 199 Å². The number of hydrogen-bond acceptors (Lipinski definition) is 24. The van der Waals surface area contributed by atoms with Crippen LogP contribution in [0.1, 0.15) is 237 Å². The number of cyclic esters (lactones) is 6. The van der Waals surface area contributed by atoms with Gasteiger partial charge in [-0.1, -0.05) is 48.5 Å². The maximum atomic E-state index is 11.9. The molecule has 762 valence electrons. The van der Waals surface area contributed by atoms with E-state index in [-0.39, 0.29) is 72.3 Å². The molecule has 133 heavy (non-hydrogen) atoms. The van der Waals surface area contributed by atoms with E-state index >= 15 is 0 Å². The minimum absolute atomic E-state index is 0.0949. The van der Waals surface area contributed by atoms with E-state index in [9.17, 15) is 43.2 Å². The summed E-state index contributed by atoms with van der Waals surface area (Å²) in [7, 11) is 19.3. The van der Waals surface area contributed by atoms with Crippen LogP contribution in [0.5, 0.6) is 0 Å². The maximum Gasteiger partial charge on any atom is 0.410 e. The van der Waals surface area contributed by atoms with Crippen molar-refractivity contribution in [1.82, 2.24) is 93.5 Å².